The number of anilines is 2. The van der Waals surface area contributed by atoms with Crippen LogP contribution in [0.15, 0.2) is 28.8 Å². The number of nitrogens with zero attached hydrogens (tertiary/aromatic N) is 5. The number of nitrogens with one attached hydrogen (secondary N) is 1. The monoisotopic (exact) mass is 496 g/mol. The molecule has 11 nitrogen and oxygen atoms in total. The molecule has 35 heavy (non-hydrogen) atoms. The Balaban J connectivity index is 1.76. The zero-order valence-corrected chi connectivity index (χ0v) is 20.5. The minimum atomic E-state index is -0.744. The third kappa shape index (κ3) is 6.48. The van der Waals surface area contributed by atoms with Crippen molar-refractivity contribution in [3.63, 3.8) is 0 Å². The van der Waals surface area contributed by atoms with Gasteiger partial charge in [0.25, 0.3) is 0 Å². The first-order valence-electron chi connectivity index (χ1n) is 10.7. The first-order chi connectivity index (χ1) is 16.7. The van der Waals surface area contributed by atoms with Gasteiger partial charge in [-0.2, -0.15) is 10.2 Å². The largest absolute Gasteiger partial charge is 0.459 e. The molecule has 0 unspecified atom stereocenters. The Morgan fingerprint density at radius 2 is 2.09 bits per heavy atom. The van der Waals surface area contributed by atoms with Crippen molar-refractivity contribution in [2.75, 3.05) is 10.2 Å². The Hall–Kier alpha value is -4.11. The molecule has 1 atom stereocenters. The van der Waals surface area contributed by atoms with Crippen molar-refractivity contribution in [3.8, 4) is 17.5 Å². The highest BCUT2D eigenvalue weighted by molar-refractivity contribution is 7.17. The van der Waals surface area contributed by atoms with E-state index in [1.807, 2.05) is 6.07 Å². The molecule has 12 heteroatoms. The van der Waals surface area contributed by atoms with Crippen molar-refractivity contribution < 1.29 is 23.6 Å². The van der Waals surface area contributed by atoms with Gasteiger partial charge in [-0.15, -0.1) is 0 Å². The number of benzene rings is 1. The minimum absolute atomic E-state index is 0.0828. The molecule has 0 spiro atoms. The van der Waals surface area contributed by atoms with Crippen LogP contribution in [-0.4, -0.2) is 45.6 Å². The quantitative estimate of drug-likeness (QED) is 0.327. The van der Waals surface area contributed by atoms with Gasteiger partial charge in [0.1, 0.15) is 4.88 Å². The number of carbonyl (C=O) groups is 3. The van der Waals surface area contributed by atoms with Gasteiger partial charge in [0.2, 0.25) is 24.0 Å². The smallest absolute Gasteiger partial charge is 0.350 e. The van der Waals surface area contributed by atoms with E-state index in [9.17, 15) is 19.6 Å². The first kappa shape index (κ1) is 25.5. The average Bonchev–Trinajstić information content (AvgIpc) is 3.39. The van der Waals surface area contributed by atoms with Crippen LogP contribution < -0.4 is 10.2 Å². The van der Waals surface area contributed by atoms with E-state index < -0.39 is 17.9 Å². The molecule has 0 saturated heterocycles. The molecule has 0 saturated carbocycles. The normalized spacial score (nSPS) is 11.5. The molecule has 182 valence electrons. The molecule has 3 aromatic rings. The van der Waals surface area contributed by atoms with Crippen molar-refractivity contribution in [1.29, 1.82) is 5.26 Å². The first-order valence-corrected chi connectivity index (χ1v) is 11.5. The molecule has 0 aliphatic heterocycles. The maximum absolute atomic E-state index is 12.8. The number of ether oxygens (including phenoxy) is 1. The van der Waals surface area contributed by atoms with Crippen LogP contribution in [0.3, 0.4) is 0 Å². The number of carbonyl (C=O) groups excluding carboxylic acids is 3. The predicted molar refractivity (Wildman–Crippen MR) is 128 cm³/mol. The molecular weight excluding hydrogens is 472 g/mol. The van der Waals surface area contributed by atoms with Crippen LogP contribution in [0.2, 0.25) is 0 Å². The van der Waals surface area contributed by atoms with Crippen LogP contribution in [0.1, 0.15) is 47.9 Å². The summed E-state index contributed by atoms with van der Waals surface area (Å²) in [7, 11) is 0. The highest BCUT2D eigenvalue weighted by Crippen LogP contribution is 2.27. The maximum atomic E-state index is 12.8. The van der Waals surface area contributed by atoms with Gasteiger partial charge in [-0.3, -0.25) is 9.59 Å². The maximum Gasteiger partial charge on any atom is 0.350 e. The summed E-state index contributed by atoms with van der Waals surface area (Å²) in [5.74, 6) is -0.216. The second-order valence-corrected chi connectivity index (χ2v) is 8.86. The fraction of sp³-hybridized carbons (Fsp3) is 0.348. The van der Waals surface area contributed by atoms with Crippen LogP contribution in [0.5, 0.6) is 0 Å². The topological polar surface area (TPSA) is 151 Å². The van der Waals surface area contributed by atoms with E-state index in [0.717, 1.165) is 11.3 Å². The van der Waals surface area contributed by atoms with Gasteiger partial charge in [0.05, 0.1) is 30.3 Å². The number of thiazole rings is 1. The third-order valence-electron chi connectivity index (χ3n) is 4.76. The lowest BCUT2D eigenvalue weighted by Crippen LogP contribution is -2.37. The third-order valence-corrected chi connectivity index (χ3v) is 5.81. The lowest BCUT2D eigenvalue weighted by molar-refractivity contribution is -0.116. The summed E-state index contributed by atoms with van der Waals surface area (Å²) in [6.45, 7) is 6.79. The molecule has 3 rings (SSSR count). The number of rotatable bonds is 10. The number of nitriles is 1. The zero-order chi connectivity index (χ0) is 25.5. The standard InChI is InChI=1S/C23H24N6O5S/c1-13(2)33-22(32)20-14(3)25-23(35-20)27-19(31)11-18(8-9-24)29(12-30)17-7-5-6-16(10-17)21-26-15(4)34-28-21/h5-7,10,12-13,18H,8,11H2,1-4H3,(H,25,27,31)/t18-/m1/s1. The van der Waals surface area contributed by atoms with E-state index in [1.165, 1.54) is 4.90 Å². The summed E-state index contributed by atoms with van der Waals surface area (Å²) in [4.78, 5) is 47.0. The van der Waals surface area contributed by atoms with Crippen molar-refractivity contribution in [2.24, 2.45) is 0 Å². The molecule has 0 aliphatic rings. The van der Waals surface area contributed by atoms with Gasteiger partial charge >= 0.3 is 5.97 Å². The summed E-state index contributed by atoms with van der Waals surface area (Å²) in [6.07, 6.45) is 0.0393. The Morgan fingerprint density at radius 3 is 2.71 bits per heavy atom. The van der Waals surface area contributed by atoms with Crippen LogP contribution in [0.4, 0.5) is 10.8 Å². The molecule has 0 fully saturated rings. The zero-order valence-electron chi connectivity index (χ0n) is 19.6. The van der Waals surface area contributed by atoms with E-state index in [-0.39, 0.29) is 24.1 Å². The molecule has 2 amide bonds. The van der Waals surface area contributed by atoms with E-state index >= 15 is 0 Å². The minimum Gasteiger partial charge on any atom is -0.459 e. The van der Waals surface area contributed by atoms with Gasteiger partial charge < -0.3 is 19.5 Å². The second-order valence-electron chi connectivity index (χ2n) is 7.86. The van der Waals surface area contributed by atoms with Crippen LogP contribution in [0, 0.1) is 25.2 Å². The average molecular weight is 497 g/mol. The number of esters is 1. The number of aromatic nitrogens is 3. The Morgan fingerprint density at radius 1 is 1.31 bits per heavy atom. The number of hydrogen-bond donors (Lipinski definition) is 1. The second kappa shape index (κ2) is 11.3. The summed E-state index contributed by atoms with van der Waals surface area (Å²) >= 11 is 1.00. The SMILES string of the molecule is Cc1nc(-c2cccc(N(C=O)[C@H](CC#N)CC(=O)Nc3nc(C)c(C(=O)OC(C)C)s3)c2)no1. The molecule has 1 N–H and O–H groups in total. The van der Waals surface area contributed by atoms with Gasteiger partial charge in [-0.25, -0.2) is 9.78 Å². The number of hydrogen-bond acceptors (Lipinski definition) is 10. The van der Waals surface area contributed by atoms with Gasteiger partial charge in [-0.1, -0.05) is 28.6 Å². The lowest BCUT2D eigenvalue weighted by atomic mass is 10.1. The Bertz CT molecular complexity index is 1260. The van der Waals surface area contributed by atoms with Crippen LogP contribution in [-0.2, 0) is 14.3 Å². The molecular formula is C23H24N6O5S. The summed E-state index contributed by atoms with van der Waals surface area (Å²) in [5, 5.41) is 16.1. The summed E-state index contributed by atoms with van der Waals surface area (Å²) in [6, 6.07) is 8.12. The van der Waals surface area contributed by atoms with Gasteiger partial charge in [-0.05, 0) is 32.9 Å². The Labute approximate surface area is 205 Å². The predicted octanol–water partition coefficient (Wildman–Crippen LogP) is 3.65. The number of aryl methyl sites for hydroxylation is 2. The van der Waals surface area contributed by atoms with Crippen molar-refractivity contribution in [3.05, 3.63) is 40.7 Å². The highest BCUT2D eigenvalue weighted by Gasteiger charge is 2.24. The molecule has 0 radical (unpaired) electrons. The van der Waals surface area contributed by atoms with E-state index in [2.05, 4.69) is 20.4 Å². The van der Waals surface area contributed by atoms with E-state index in [4.69, 9.17) is 9.26 Å². The highest BCUT2D eigenvalue weighted by atomic mass is 32.1. The Kier molecular flexibility index (Phi) is 8.27. The number of amides is 2. The van der Waals surface area contributed by atoms with Crippen LogP contribution >= 0.6 is 11.3 Å². The molecule has 0 bridgehead atoms. The van der Waals surface area contributed by atoms with Crippen molar-refractivity contribution in [2.45, 2.75) is 52.7 Å². The molecule has 0 aliphatic carbocycles. The van der Waals surface area contributed by atoms with Crippen LogP contribution in [0.25, 0.3) is 11.4 Å². The lowest BCUT2D eigenvalue weighted by Gasteiger charge is -2.26. The van der Waals surface area contributed by atoms with Crippen molar-refractivity contribution in [1.82, 2.24) is 15.1 Å². The van der Waals surface area contributed by atoms with E-state index in [1.54, 1.807) is 52.0 Å². The fourth-order valence-corrected chi connectivity index (χ4v) is 4.11. The van der Waals surface area contributed by atoms with Gasteiger partial charge in [0.15, 0.2) is 5.13 Å². The fourth-order valence-electron chi connectivity index (χ4n) is 3.25. The molecule has 2 aromatic heterocycles. The van der Waals surface area contributed by atoms with Gasteiger partial charge in [0, 0.05) is 24.6 Å². The summed E-state index contributed by atoms with van der Waals surface area (Å²) in [5.41, 5.74) is 1.52. The molecule has 1 aromatic carbocycles. The molecule has 2 heterocycles. The summed E-state index contributed by atoms with van der Waals surface area (Å²) < 4.78 is 10.2. The van der Waals surface area contributed by atoms with Crippen molar-refractivity contribution >= 4 is 40.4 Å². The van der Waals surface area contributed by atoms with E-state index in [0.29, 0.717) is 39.9 Å².